The maximum Gasteiger partial charge on any atom is 0.213 e. The molecule has 0 aliphatic carbocycles. The third kappa shape index (κ3) is 5.13. The smallest absolute Gasteiger partial charge is 0.213 e. The van der Waals surface area contributed by atoms with Gasteiger partial charge in [-0.2, -0.15) is 0 Å². The van der Waals surface area contributed by atoms with Crippen molar-refractivity contribution in [2.24, 2.45) is 0 Å². The molecule has 0 saturated heterocycles. The highest BCUT2D eigenvalue weighted by molar-refractivity contribution is 7.89. The van der Waals surface area contributed by atoms with Crippen LogP contribution in [0.5, 0.6) is 0 Å². The number of hydrogen-bond acceptors (Lipinski definition) is 6. The number of aromatic nitrogens is 2. The number of nitrogens with zero attached hydrogens (tertiary/aromatic N) is 2. The Labute approximate surface area is 127 Å². The zero-order valence-electron chi connectivity index (χ0n) is 13.3. The van der Waals surface area contributed by atoms with Crippen molar-refractivity contribution in [2.45, 2.75) is 33.6 Å². The summed E-state index contributed by atoms with van der Waals surface area (Å²) in [5.74, 6) is 2.36. The minimum atomic E-state index is -3.23. The van der Waals surface area contributed by atoms with Gasteiger partial charge in [-0.15, -0.1) is 0 Å². The van der Waals surface area contributed by atoms with Crippen molar-refractivity contribution in [3.63, 3.8) is 0 Å². The molecule has 0 radical (unpaired) electrons. The van der Waals surface area contributed by atoms with E-state index in [1.165, 1.54) is 0 Å². The van der Waals surface area contributed by atoms with Crippen LogP contribution in [0.15, 0.2) is 0 Å². The predicted molar refractivity (Wildman–Crippen MR) is 86.4 cm³/mol. The number of nitrogens with one attached hydrogen (secondary N) is 3. The normalized spacial score (nSPS) is 11.7. The Hall–Kier alpha value is -1.41. The van der Waals surface area contributed by atoms with E-state index in [4.69, 9.17) is 0 Å². The van der Waals surface area contributed by atoms with E-state index < -0.39 is 10.0 Å². The van der Waals surface area contributed by atoms with Gasteiger partial charge in [0, 0.05) is 31.6 Å². The molecule has 1 aromatic rings. The number of anilines is 2. The number of hydrogen-bond donors (Lipinski definition) is 3. The van der Waals surface area contributed by atoms with Crippen LogP contribution in [0.3, 0.4) is 0 Å². The van der Waals surface area contributed by atoms with Crippen LogP contribution in [0.25, 0.3) is 0 Å². The second kappa shape index (κ2) is 7.56. The Morgan fingerprint density at radius 2 is 1.81 bits per heavy atom. The Bertz CT molecular complexity index is 572. The molecule has 1 aromatic heterocycles. The lowest BCUT2D eigenvalue weighted by Gasteiger charge is -2.15. The van der Waals surface area contributed by atoms with Gasteiger partial charge in [-0.25, -0.2) is 23.1 Å². The third-order valence-electron chi connectivity index (χ3n) is 2.94. The maximum absolute atomic E-state index is 11.6. The van der Waals surface area contributed by atoms with Crippen LogP contribution in [0.4, 0.5) is 11.6 Å². The van der Waals surface area contributed by atoms with E-state index in [-0.39, 0.29) is 11.7 Å². The SMILES string of the molecule is CCNS(=O)(=O)CCNc1nc(C(C)C)nc(NC)c1C. The molecule has 120 valence electrons. The zero-order chi connectivity index (χ0) is 16.0. The van der Waals surface area contributed by atoms with Gasteiger partial charge in [-0.3, -0.25) is 0 Å². The molecule has 0 saturated carbocycles. The predicted octanol–water partition coefficient (Wildman–Crippen LogP) is 1.30. The van der Waals surface area contributed by atoms with Crippen LogP contribution in [0.1, 0.15) is 38.1 Å². The lowest BCUT2D eigenvalue weighted by molar-refractivity contribution is 0.584. The average Bonchev–Trinajstić information content (AvgIpc) is 2.40. The fourth-order valence-corrected chi connectivity index (χ4v) is 2.76. The van der Waals surface area contributed by atoms with Crippen molar-refractivity contribution in [3.8, 4) is 0 Å². The van der Waals surface area contributed by atoms with E-state index in [0.717, 1.165) is 17.2 Å². The Morgan fingerprint density at radius 3 is 2.33 bits per heavy atom. The highest BCUT2D eigenvalue weighted by Gasteiger charge is 2.13. The summed E-state index contributed by atoms with van der Waals surface area (Å²) in [5.41, 5.74) is 0.878. The Kier molecular flexibility index (Phi) is 6.35. The molecule has 0 aliphatic heterocycles. The summed E-state index contributed by atoms with van der Waals surface area (Å²) in [4.78, 5) is 8.91. The number of rotatable bonds is 8. The van der Waals surface area contributed by atoms with Gasteiger partial charge >= 0.3 is 0 Å². The fraction of sp³-hybridized carbons (Fsp3) is 0.692. The summed E-state index contributed by atoms with van der Waals surface area (Å²) < 4.78 is 25.7. The van der Waals surface area contributed by atoms with Crippen LogP contribution < -0.4 is 15.4 Å². The molecule has 0 unspecified atom stereocenters. The quantitative estimate of drug-likeness (QED) is 0.669. The van der Waals surface area contributed by atoms with Gasteiger partial charge in [-0.1, -0.05) is 20.8 Å². The molecule has 0 amide bonds. The van der Waals surface area contributed by atoms with E-state index in [0.29, 0.717) is 18.9 Å². The molecule has 0 atom stereocenters. The molecule has 8 heteroatoms. The van der Waals surface area contributed by atoms with E-state index >= 15 is 0 Å². The summed E-state index contributed by atoms with van der Waals surface area (Å²) in [6, 6.07) is 0. The molecule has 1 heterocycles. The first kappa shape index (κ1) is 17.6. The molecule has 0 aromatic carbocycles. The molecular formula is C13H25N5O2S. The van der Waals surface area contributed by atoms with Crippen LogP contribution in [0, 0.1) is 6.92 Å². The summed E-state index contributed by atoms with van der Waals surface area (Å²) in [7, 11) is -1.42. The van der Waals surface area contributed by atoms with E-state index in [1.54, 1.807) is 14.0 Å². The van der Waals surface area contributed by atoms with E-state index in [9.17, 15) is 8.42 Å². The van der Waals surface area contributed by atoms with Crippen LogP contribution in [-0.4, -0.2) is 44.3 Å². The van der Waals surface area contributed by atoms with Crippen molar-refractivity contribution >= 4 is 21.7 Å². The summed E-state index contributed by atoms with van der Waals surface area (Å²) in [5, 5.41) is 6.12. The molecule has 3 N–H and O–H groups in total. The van der Waals surface area contributed by atoms with Gasteiger partial charge in [0.15, 0.2) is 0 Å². The maximum atomic E-state index is 11.6. The molecule has 0 spiro atoms. The highest BCUT2D eigenvalue weighted by atomic mass is 32.2. The van der Waals surface area contributed by atoms with E-state index in [2.05, 4.69) is 25.3 Å². The van der Waals surface area contributed by atoms with Crippen molar-refractivity contribution < 1.29 is 8.42 Å². The van der Waals surface area contributed by atoms with Gasteiger partial charge in [-0.05, 0) is 6.92 Å². The minimum absolute atomic E-state index is 0.0101. The molecule has 7 nitrogen and oxygen atoms in total. The number of sulfonamides is 1. The second-order valence-corrected chi connectivity index (χ2v) is 6.98. The van der Waals surface area contributed by atoms with Crippen molar-refractivity contribution in [1.29, 1.82) is 0 Å². The molecule has 1 rings (SSSR count). The lowest BCUT2D eigenvalue weighted by atomic mass is 10.2. The highest BCUT2D eigenvalue weighted by Crippen LogP contribution is 2.22. The monoisotopic (exact) mass is 315 g/mol. The van der Waals surface area contributed by atoms with Gasteiger partial charge in [0.2, 0.25) is 10.0 Å². The second-order valence-electron chi connectivity index (χ2n) is 5.05. The topological polar surface area (TPSA) is 96.0 Å². The lowest BCUT2D eigenvalue weighted by Crippen LogP contribution is -2.29. The van der Waals surface area contributed by atoms with Gasteiger partial charge in [0.1, 0.15) is 17.5 Å². The standard InChI is InChI=1S/C13H25N5O2S/c1-6-16-21(19,20)8-7-15-13-10(4)12(14-5)17-11(18-13)9(2)3/h9,16H,6-8H2,1-5H3,(H2,14,15,17,18). The van der Waals surface area contributed by atoms with Crippen LogP contribution in [0.2, 0.25) is 0 Å². The first-order valence-electron chi connectivity index (χ1n) is 7.08. The summed E-state index contributed by atoms with van der Waals surface area (Å²) in [6.07, 6.45) is 0. The molecule has 0 bridgehead atoms. The molecular weight excluding hydrogens is 290 g/mol. The summed E-state index contributed by atoms with van der Waals surface area (Å²) >= 11 is 0. The van der Waals surface area contributed by atoms with Crippen molar-refractivity contribution in [2.75, 3.05) is 36.5 Å². The van der Waals surface area contributed by atoms with Crippen molar-refractivity contribution in [1.82, 2.24) is 14.7 Å². The van der Waals surface area contributed by atoms with Crippen LogP contribution in [-0.2, 0) is 10.0 Å². The van der Waals surface area contributed by atoms with E-state index in [1.807, 2.05) is 20.8 Å². The van der Waals surface area contributed by atoms with Gasteiger partial charge < -0.3 is 10.6 Å². The third-order valence-corrected chi connectivity index (χ3v) is 4.41. The summed E-state index contributed by atoms with van der Waals surface area (Å²) in [6.45, 7) is 8.39. The molecule has 0 aliphatic rings. The van der Waals surface area contributed by atoms with Crippen LogP contribution >= 0.6 is 0 Å². The van der Waals surface area contributed by atoms with Crippen molar-refractivity contribution in [3.05, 3.63) is 11.4 Å². The average molecular weight is 315 g/mol. The fourth-order valence-electron chi connectivity index (χ4n) is 1.80. The zero-order valence-corrected chi connectivity index (χ0v) is 14.1. The Balaban J connectivity index is 2.85. The Morgan fingerprint density at radius 1 is 1.19 bits per heavy atom. The van der Waals surface area contributed by atoms with Gasteiger partial charge in [0.25, 0.3) is 0 Å². The largest absolute Gasteiger partial charge is 0.373 e. The molecule has 21 heavy (non-hydrogen) atoms. The van der Waals surface area contributed by atoms with Gasteiger partial charge in [0.05, 0.1) is 5.75 Å². The molecule has 0 fully saturated rings. The first-order valence-corrected chi connectivity index (χ1v) is 8.73. The minimum Gasteiger partial charge on any atom is -0.373 e. The first-order chi connectivity index (χ1) is 9.80.